The van der Waals surface area contributed by atoms with Crippen molar-refractivity contribution in [2.75, 3.05) is 14.2 Å². The maximum absolute atomic E-state index is 14.1. The predicted octanol–water partition coefficient (Wildman–Crippen LogP) is 4.65. The van der Waals surface area contributed by atoms with Gasteiger partial charge < -0.3 is 9.47 Å². The average Bonchev–Trinajstić information content (AvgIpc) is 3.74. The number of para-hydroxylation sites is 2. The number of aromatic nitrogens is 2. The topological polar surface area (TPSA) is 155 Å². The Labute approximate surface area is 287 Å². The summed E-state index contributed by atoms with van der Waals surface area (Å²) in [6, 6.07) is 27.7. The van der Waals surface area contributed by atoms with Gasteiger partial charge >= 0.3 is 11.9 Å². The number of methoxy groups -OCH3 is 2. The Balaban J connectivity index is 1.62. The van der Waals surface area contributed by atoms with Crippen LogP contribution in [0.4, 0.5) is 0 Å². The molecule has 0 bridgehead atoms. The Morgan fingerprint density at radius 3 is 1.60 bits per heavy atom. The Morgan fingerprint density at radius 2 is 1.10 bits per heavy atom. The van der Waals surface area contributed by atoms with E-state index in [1.807, 2.05) is 0 Å². The van der Waals surface area contributed by atoms with Crippen molar-refractivity contribution < 1.29 is 35.9 Å². The molecule has 0 aliphatic carbocycles. The molecule has 0 saturated heterocycles. The molecule has 252 valence electrons. The van der Waals surface area contributed by atoms with Gasteiger partial charge in [-0.25, -0.2) is 34.4 Å². The van der Waals surface area contributed by atoms with Gasteiger partial charge in [0, 0.05) is 45.4 Å². The van der Waals surface area contributed by atoms with Crippen LogP contribution in [0.1, 0.15) is 11.1 Å². The largest absolute Gasteiger partial charge is 0.467 e. The second kappa shape index (κ2) is 12.5. The van der Waals surface area contributed by atoms with Gasteiger partial charge in [0.05, 0.1) is 35.0 Å². The molecule has 14 heteroatoms. The van der Waals surface area contributed by atoms with Crippen LogP contribution in [-0.4, -0.2) is 62.7 Å². The zero-order valence-electron chi connectivity index (χ0n) is 26.5. The quantitative estimate of drug-likeness (QED) is 0.223. The molecule has 1 aliphatic heterocycles. The number of hydrazone groups is 1. The van der Waals surface area contributed by atoms with Crippen molar-refractivity contribution in [1.29, 1.82) is 0 Å². The van der Waals surface area contributed by atoms with Crippen molar-refractivity contribution in [3.8, 4) is 0 Å². The molecule has 0 spiro atoms. The lowest BCUT2D eigenvalue weighted by Gasteiger charge is -2.27. The molecule has 0 saturated carbocycles. The molecule has 12 nitrogen and oxygen atoms in total. The van der Waals surface area contributed by atoms with Crippen LogP contribution in [0, 0.1) is 0 Å². The van der Waals surface area contributed by atoms with Gasteiger partial charge in [0.1, 0.15) is 0 Å². The number of carbonyl (C=O) groups is 2. The zero-order valence-corrected chi connectivity index (χ0v) is 28.2. The van der Waals surface area contributed by atoms with Crippen molar-refractivity contribution in [3.05, 3.63) is 133 Å². The van der Waals surface area contributed by atoms with Gasteiger partial charge in [-0.15, -0.1) is 0 Å². The monoisotopic (exact) mass is 708 g/mol. The van der Waals surface area contributed by atoms with Crippen LogP contribution in [0.2, 0.25) is 0 Å². The zero-order chi connectivity index (χ0) is 35.2. The molecule has 7 rings (SSSR count). The van der Waals surface area contributed by atoms with E-state index >= 15 is 0 Å². The van der Waals surface area contributed by atoms with E-state index in [1.165, 1.54) is 43.8 Å². The van der Waals surface area contributed by atoms with E-state index in [0.29, 0.717) is 10.8 Å². The molecule has 1 N–H and O–H groups in total. The SMILES string of the molecule is COC(=O)C1=NNC(C(=O)OC)C(c2cn(S(=O)(=O)c3ccccc3)c3ccccc23)=C1c1cn(S(=O)(=O)c2ccccc2)c2ccccc12. The van der Waals surface area contributed by atoms with Crippen molar-refractivity contribution in [3.63, 3.8) is 0 Å². The molecule has 1 aliphatic rings. The third-order valence-corrected chi connectivity index (χ3v) is 11.8. The molecule has 0 amide bonds. The van der Waals surface area contributed by atoms with Crippen molar-refractivity contribution in [2.24, 2.45) is 5.10 Å². The van der Waals surface area contributed by atoms with Crippen LogP contribution in [-0.2, 0) is 39.1 Å². The average molecular weight is 709 g/mol. The summed E-state index contributed by atoms with van der Waals surface area (Å²) in [6.45, 7) is 0. The molecule has 0 radical (unpaired) electrons. The normalized spacial score (nSPS) is 15.1. The van der Waals surface area contributed by atoms with Crippen molar-refractivity contribution >= 4 is 70.6 Å². The maximum Gasteiger partial charge on any atom is 0.359 e. The van der Waals surface area contributed by atoms with Crippen LogP contribution < -0.4 is 5.43 Å². The second-order valence-corrected chi connectivity index (χ2v) is 14.8. The number of benzene rings is 4. The van der Waals surface area contributed by atoms with Crippen molar-refractivity contribution in [2.45, 2.75) is 15.8 Å². The molecule has 0 fully saturated rings. The molecule has 1 unspecified atom stereocenters. The predicted molar refractivity (Wildman–Crippen MR) is 187 cm³/mol. The minimum absolute atomic E-state index is 0.0234. The fraction of sp³-hybridized carbons (Fsp3) is 0.0833. The van der Waals surface area contributed by atoms with E-state index in [9.17, 15) is 26.4 Å². The third kappa shape index (κ3) is 5.16. The summed E-state index contributed by atoms with van der Waals surface area (Å²) in [5.74, 6) is -1.69. The number of esters is 2. The van der Waals surface area contributed by atoms with Crippen LogP contribution in [0.25, 0.3) is 33.0 Å². The lowest BCUT2D eigenvalue weighted by molar-refractivity contribution is -0.141. The van der Waals surface area contributed by atoms with E-state index in [1.54, 1.807) is 84.9 Å². The molecular weight excluding hydrogens is 681 g/mol. The van der Waals surface area contributed by atoms with Gasteiger partial charge in [-0.3, -0.25) is 5.43 Å². The Morgan fingerprint density at radius 1 is 0.640 bits per heavy atom. The van der Waals surface area contributed by atoms with E-state index in [4.69, 9.17) is 9.47 Å². The fourth-order valence-electron chi connectivity index (χ4n) is 6.14. The maximum atomic E-state index is 14.1. The number of nitrogens with zero attached hydrogens (tertiary/aromatic N) is 3. The summed E-state index contributed by atoms with van der Waals surface area (Å²) in [4.78, 5) is 27.0. The van der Waals surface area contributed by atoms with Crippen LogP contribution >= 0.6 is 0 Å². The van der Waals surface area contributed by atoms with Crippen LogP contribution in [0.5, 0.6) is 0 Å². The molecule has 4 aromatic carbocycles. The Hall–Kier alpha value is -5.99. The van der Waals surface area contributed by atoms with E-state index in [-0.39, 0.29) is 48.8 Å². The first-order valence-corrected chi connectivity index (χ1v) is 18.0. The summed E-state index contributed by atoms with van der Waals surface area (Å²) in [6.07, 6.45) is 2.74. The minimum Gasteiger partial charge on any atom is -0.467 e. The van der Waals surface area contributed by atoms with E-state index in [0.717, 1.165) is 15.1 Å². The van der Waals surface area contributed by atoms with Gasteiger partial charge in [-0.2, -0.15) is 5.10 Å². The van der Waals surface area contributed by atoms with Gasteiger partial charge in [0.2, 0.25) is 0 Å². The number of carbonyl (C=O) groups excluding carboxylic acids is 2. The number of hydrogen-bond donors (Lipinski definition) is 1. The summed E-state index contributed by atoms with van der Waals surface area (Å²) in [5.41, 5.74) is 3.64. The first kappa shape index (κ1) is 32.6. The van der Waals surface area contributed by atoms with Gasteiger partial charge in [-0.1, -0.05) is 72.8 Å². The molecule has 50 heavy (non-hydrogen) atoms. The van der Waals surface area contributed by atoms with E-state index < -0.39 is 38.0 Å². The van der Waals surface area contributed by atoms with Gasteiger partial charge in [-0.05, 0) is 36.4 Å². The highest BCUT2D eigenvalue weighted by Gasteiger charge is 2.39. The van der Waals surface area contributed by atoms with Crippen LogP contribution in [0.3, 0.4) is 0 Å². The highest BCUT2D eigenvalue weighted by Crippen LogP contribution is 2.42. The number of ether oxygens (including phenoxy) is 2. The minimum atomic E-state index is -4.18. The summed E-state index contributed by atoms with van der Waals surface area (Å²) >= 11 is 0. The molecule has 3 heterocycles. The molecule has 1 atom stereocenters. The molecule has 6 aromatic rings. The highest BCUT2D eigenvalue weighted by atomic mass is 32.2. The fourth-order valence-corrected chi connectivity index (χ4v) is 8.92. The number of nitrogens with one attached hydrogen (secondary N) is 1. The first-order valence-electron chi connectivity index (χ1n) is 15.2. The third-order valence-electron chi connectivity index (χ3n) is 8.43. The molecule has 2 aromatic heterocycles. The lowest BCUT2D eigenvalue weighted by atomic mass is 9.85. The lowest BCUT2D eigenvalue weighted by Crippen LogP contribution is -2.41. The van der Waals surface area contributed by atoms with Crippen molar-refractivity contribution in [1.82, 2.24) is 13.4 Å². The highest BCUT2D eigenvalue weighted by molar-refractivity contribution is 7.90. The summed E-state index contributed by atoms with van der Waals surface area (Å²) in [7, 11) is -6.00. The summed E-state index contributed by atoms with van der Waals surface area (Å²) < 4.78 is 68.8. The Kier molecular flexibility index (Phi) is 8.12. The number of hydrogen-bond acceptors (Lipinski definition) is 10. The van der Waals surface area contributed by atoms with E-state index in [2.05, 4.69) is 10.5 Å². The summed E-state index contributed by atoms with van der Waals surface area (Å²) in [5, 5.41) is 5.08. The van der Waals surface area contributed by atoms with Gasteiger partial charge in [0.25, 0.3) is 20.0 Å². The second-order valence-electron chi connectivity index (χ2n) is 11.2. The Bertz CT molecular complexity index is 2610. The number of fused-ring (bicyclic) bond motifs is 2. The molecular formula is C36H28N4O8S2. The van der Waals surface area contributed by atoms with Crippen LogP contribution in [0.15, 0.2) is 136 Å². The number of rotatable bonds is 8. The standard InChI is InChI=1S/C36H28N4O8S2/c1-47-35(41)33-31(27-21-39(29-19-11-9-17-25(27)29)49(43,44)23-13-5-3-6-14-23)32(34(38-37-33)36(42)48-2)28-22-40(30-20-12-10-18-26(28)30)50(45,46)24-15-7-4-8-16-24/h3-22,33,37H,1-2H3. The smallest absolute Gasteiger partial charge is 0.359 e. The first-order chi connectivity index (χ1) is 24.1. The van der Waals surface area contributed by atoms with Gasteiger partial charge in [0.15, 0.2) is 11.8 Å².